The molecule has 0 spiro atoms. The lowest BCUT2D eigenvalue weighted by atomic mass is 9.46. The van der Waals surface area contributed by atoms with Gasteiger partial charge >= 0.3 is 0 Å². The third-order valence-electron chi connectivity index (χ3n) is 7.65. The largest absolute Gasteiger partial charge is 0.390 e. The molecule has 2 aromatic heterocycles. The molecule has 0 saturated heterocycles. The summed E-state index contributed by atoms with van der Waals surface area (Å²) in [5.74, 6) is 2.01. The van der Waals surface area contributed by atoms with Crippen molar-refractivity contribution in [1.82, 2.24) is 19.8 Å². The van der Waals surface area contributed by atoms with Crippen molar-refractivity contribution in [1.29, 1.82) is 0 Å². The average Bonchev–Trinajstić information content (AvgIpc) is 3.30. The first kappa shape index (κ1) is 15.4. The molecular formula is C20H27N5O. The number of anilines is 1. The first-order valence-corrected chi connectivity index (χ1v) is 10.2. The van der Waals surface area contributed by atoms with Crippen LogP contribution in [0.2, 0.25) is 0 Å². The summed E-state index contributed by atoms with van der Waals surface area (Å²) in [7, 11) is 0. The molecule has 5 aliphatic carbocycles. The summed E-state index contributed by atoms with van der Waals surface area (Å²) >= 11 is 0. The summed E-state index contributed by atoms with van der Waals surface area (Å²) in [6.45, 7) is 2.31. The Hall–Kier alpha value is -1.69. The van der Waals surface area contributed by atoms with Crippen molar-refractivity contribution in [3.63, 3.8) is 0 Å². The summed E-state index contributed by atoms with van der Waals surface area (Å²) in [4.78, 5) is 0. The van der Waals surface area contributed by atoms with Crippen LogP contribution >= 0.6 is 0 Å². The normalized spacial score (nSPS) is 39.5. The molecule has 5 saturated carbocycles. The van der Waals surface area contributed by atoms with Crippen LogP contribution in [0, 0.1) is 17.3 Å². The Bertz CT molecular complexity index is 858. The minimum atomic E-state index is -0.415. The zero-order valence-corrected chi connectivity index (χ0v) is 15.4. The van der Waals surface area contributed by atoms with Crippen LogP contribution in [-0.2, 0) is 0 Å². The molecule has 5 aliphatic rings. The second-order valence-corrected chi connectivity index (χ2v) is 9.77. The van der Waals surface area contributed by atoms with Crippen molar-refractivity contribution in [2.75, 3.05) is 5.32 Å². The van der Waals surface area contributed by atoms with Gasteiger partial charge in [-0.25, -0.2) is 0 Å². The molecule has 0 aromatic carbocycles. The van der Waals surface area contributed by atoms with Gasteiger partial charge in [-0.1, -0.05) is 0 Å². The summed E-state index contributed by atoms with van der Waals surface area (Å²) in [6.07, 6.45) is 11.0. The average molecular weight is 353 g/mol. The van der Waals surface area contributed by atoms with Crippen molar-refractivity contribution in [2.24, 2.45) is 17.3 Å². The zero-order chi connectivity index (χ0) is 17.5. The number of hydrogen-bond donors (Lipinski definition) is 2. The molecule has 3 unspecified atom stereocenters. The van der Waals surface area contributed by atoms with Gasteiger partial charge in [0, 0.05) is 12.0 Å². The lowest BCUT2D eigenvalue weighted by molar-refractivity contribution is -0.167. The minimum Gasteiger partial charge on any atom is -0.390 e. The van der Waals surface area contributed by atoms with Gasteiger partial charge in [-0.3, -0.25) is 0 Å². The third-order valence-corrected chi connectivity index (χ3v) is 7.65. The standard InChI is InChI=1S/C20H27N5O/c1-12(19-6-13-4-14(7-19)9-20(26,8-13)10-19)22-17-5-16(15-2-3-15)24-25-11-21-23-18(17)25/h5,11-15,22,26H,2-4,6-10H2,1H3. The van der Waals surface area contributed by atoms with Crippen molar-refractivity contribution in [3.8, 4) is 0 Å². The van der Waals surface area contributed by atoms with Crippen molar-refractivity contribution >= 4 is 11.3 Å². The van der Waals surface area contributed by atoms with Crippen LogP contribution < -0.4 is 5.32 Å². The van der Waals surface area contributed by atoms with E-state index in [9.17, 15) is 5.11 Å². The van der Waals surface area contributed by atoms with Gasteiger partial charge in [0.1, 0.15) is 6.33 Å². The Morgan fingerprint density at radius 3 is 2.69 bits per heavy atom. The first-order valence-electron chi connectivity index (χ1n) is 10.2. The van der Waals surface area contributed by atoms with Gasteiger partial charge in [0.25, 0.3) is 0 Å². The molecule has 0 aliphatic heterocycles. The smallest absolute Gasteiger partial charge is 0.200 e. The molecular weight excluding hydrogens is 326 g/mol. The highest BCUT2D eigenvalue weighted by molar-refractivity contribution is 5.67. The minimum absolute atomic E-state index is 0.207. The van der Waals surface area contributed by atoms with E-state index < -0.39 is 5.60 Å². The Morgan fingerprint density at radius 2 is 2.00 bits per heavy atom. The van der Waals surface area contributed by atoms with E-state index in [1.165, 1.54) is 32.1 Å². The van der Waals surface area contributed by atoms with Crippen LogP contribution in [0.5, 0.6) is 0 Å². The zero-order valence-electron chi connectivity index (χ0n) is 15.4. The Labute approximate surface area is 153 Å². The van der Waals surface area contributed by atoms with Gasteiger partial charge in [0.15, 0.2) is 0 Å². The Balaban J connectivity index is 1.34. The van der Waals surface area contributed by atoms with E-state index in [2.05, 4.69) is 33.6 Å². The molecule has 138 valence electrons. The highest BCUT2D eigenvalue weighted by Gasteiger charge is 2.58. The fourth-order valence-corrected chi connectivity index (χ4v) is 6.71. The van der Waals surface area contributed by atoms with E-state index >= 15 is 0 Å². The molecule has 0 radical (unpaired) electrons. The summed E-state index contributed by atoms with van der Waals surface area (Å²) in [5, 5.41) is 27.9. The number of aliphatic hydroxyl groups is 1. The van der Waals surface area contributed by atoms with Crippen LogP contribution in [0.1, 0.15) is 69.9 Å². The maximum Gasteiger partial charge on any atom is 0.200 e. The molecule has 6 nitrogen and oxygen atoms in total. The number of fused-ring (bicyclic) bond motifs is 1. The lowest BCUT2D eigenvalue weighted by Crippen LogP contribution is -2.60. The van der Waals surface area contributed by atoms with E-state index in [1.807, 2.05) is 4.52 Å². The molecule has 5 fully saturated rings. The highest BCUT2D eigenvalue weighted by Crippen LogP contribution is 2.63. The predicted molar refractivity (Wildman–Crippen MR) is 97.9 cm³/mol. The number of aromatic nitrogens is 4. The van der Waals surface area contributed by atoms with Crippen LogP contribution in [0.15, 0.2) is 12.4 Å². The topological polar surface area (TPSA) is 75.3 Å². The number of nitrogens with one attached hydrogen (secondary N) is 1. The highest BCUT2D eigenvalue weighted by atomic mass is 16.3. The van der Waals surface area contributed by atoms with E-state index in [0.717, 1.165) is 36.3 Å². The third kappa shape index (κ3) is 2.24. The van der Waals surface area contributed by atoms with E-state index in [4.69, 9.17) is 0 Å². The van der Waals surface area contributed by atoms with Crippen LogP contribution in [0.25, 0.3) is 5.65 Å². The van der Waals surface area contributed by atoms with Crippen LogP contribution in [-0.4, -0.2) is 36.6 Å². The van der Waals surface area contributed by atoms with Crippen LogP contribution in [0.3, 0.4) is 0 Å². The van der Waals surface area contributed by atoms with Crippen molar-refractivity contribution in [3.05, 3.63) is 18.1 Å². The van der Waals surface area contributed by atoms with Crippen LogP contribution in [0.4, 0.5) is 5.69 Å². The van der Waals surface area contributed by atoms with Crippen molar-refractivity contribution < 1.29 is 5.11 Å². The quantitative estimate of drug-likeness (QED) is 0.883. The molecule has 26 heavy (non-hydrogen) atoms. The second-order valence-electron chi connectivity index (χ2n) is 9.77. The number of nitrogens with zero attached hydrogens (tertiary/aromatic N) is 4. The number of hydrogen-bond acceptors (Lipinski definition) is 5. The summed E-state index contributed by atoms with van der Waals surface area (Å²) in [6, 6.07) is 2.50. The molecule has 3 atom stereocenters. The fraction of sp³-hybridized carbons (Fsp3) is 0.750. The molecule has 7 rings (SSSR count). The molecule has 6 heteroatoms. The summed E-state index contributed by atoms with van der Waals surface area (Å²) in [5.41, 5.74) is 2.80. The van der Waals surface area contributed by atoms with E-state index in [1.54, 1.807) is 6.33 Å². The maximum absolute atomic E-state index is 11.1. The SMILES string of the molecule is CC(Nc1cc(C2CC2)nn2cnnc12)C12CC3CC(CC(O)(C3)C1)C2. The molecule has 2 heterocycles. The number of rotatable bonds is 4. The monoisotopic (exact) mass is 353 g/mol. The molecule has 0 amide bonds. The van der Waals surface area contributed by atoms with E-state index in [-0.39, 0.29) is 5.41 Å². The maximum atomic E-state index is 11.1. The van der Waals surface area contributed by atoms with Gasteiger partial charge in [-0.2, -0.15) is 9.61 Å². The molecule has 2 aromatic rings. The Morgan fingerprint density at radius 1 is 1.23 bits per heavy atom. The lowest BCUT2D eigenvalue weighted by Gasteiger charge is -2.62. The van der Waals surface area contributed by atoms with Gasteiger partial charge in [0.2, 0.25) is 5.65 Å². The summed E-state index contributed by atoms with van der Waals surface area (Å²) < 4.78 is 1.82. The predicted octanol–water partition coefficient (Wildman–Crippen LogP) is 3.13. The van der Waals surface area contributed by atoms with Gasteiger partial charge < -0.3 is 10.4 Å². The fourth-order valence-electron chi connectivity index (χ4n) is 6.71. The van der Waals surface area contributed by atoms with Gasteiger partial charge in [-0.15, -0.1) is 10.2 Å². The van der Waals surface area contributed by atoms with E-state index in [0.29, 0.717) is 23.8 Å². The van der Waals surface area contributed by atoms with Gasteiger partial charge in [0.05, 0.1) is 17.0 Å². The first-order chi connectivity index (χ1) is 12.5. The van der Waals surface area contributed by atoms with Crippen molar-refractivity contribution in [2.45, 2.75) is 75.9 Å². The molecule has 2 N–H and O–H groups in total. The molecule has 4 bridgehead atoms. The Kier molecular flexibility index (Phi) is 2.94. The second kappa shape index (κ2) is 4.97. The van der Waals surface area contributed by atoms with Gasteiger partial charge in [-0.05, 0) is 81.6 Å².